The first-order valence-corrected chi connectivity index (χ1v) is 7.83. The van der Waals surface area contributed by atoms with Crippen molar-refractivity contribution >= 4 is 17.7 Å². The van der Waals surface area contributed by atoms with Crippen molar-refractivity contribution in [2.45, 2.75) is 20.0 Å². The number of benzene rings is 2. The molecule has 0 aromatic heterocycles. The largest absolute Gasteiger partial charge is 0.445 e. The molecule has 0 aliphatic heterocycles. The van der Waals surface area contributed by atoms with Crippen LogP contribution in [0.4, 0.5) is 9.18 Å². The van der Waals surface area contributed by atoms with Gasteiger partial charge in [-0.15, -0.1) is 0 Å². The molecule has 5 heteroatoms. The van der Waals surface area contributed by atoms with Crippen LogP contribution in [-0.4, -0.2) is 12.6 Å². The zero-order chi connectivity index (χ0) is 17.4. The van der Waals surface area contributed by atoms with Crippen molar-refractivity contribution in [3.63, 3.8) is 0 Å². The minimum Gasteiger partial charge on any atom is -0.445 e. The van der Waals surface area contributed by atoms with Crippen LogP contribution in [0, 0.1) is 24.6 Å². The fourth-order valence-electron chi connectivity index (χ4n) is 1.90. The number of carbonyl (C=O) groups excluding carboxylic acids is 1. The smallest absolute Gasteiger partial charge is 0.407 e. The van der Waals surface area contributed by atoms with Crippen molar-refractivity contribution in [3.8, 4) is 11.8 Å². The molecule has 0 fully saturated rings. The highest BCUT2D eigenvalue weighted by Gasteiger charge is 2.03. The van der Waals surface area contributed by atoms with Crippen molar-refractivity contribution in [2.75, 3.05) is 6.54 Å². The van der Waals surface area contributed by atoms with E-state index in [1.165, 1.54) is 6.07 Å². The number of hydrogen-bond donors (Lipinski definition) is 1. The van der Waals surface area contributed by atoms with Crippen molar-refractivity contribution in [3.05, 3.63) is 70.0 Å². The van der Waals surface area contributed by atoms with Gasteiger partial charge < -0.3 is 10.1 Å². The van der Waals surface area contributed by atoms with E-state index in [1.807, 2.05) is 30.3 Å². The molecule has 0 unspecified atom stereocenters. The lowest BCUT2D eigenvalue weighted by Gasteiger charge is -2.05. The number of halogens is 2. The second-order valence-electron chi connectivity index (χ2n) is 5.12. The molecule has 0 aliphatic carbocycles. The summed E-state index contributed by atoms with van der Waals surface area (Å²) in [5, 5.41) is 3.02. The van der Waals surface area contributed by atoms with Crippen molar-refractivity contribution < 1.29 is 13.9 Å². The van der Waals surface area contributed by atoms with Gasteiger partial charge in [0, 0.05) is 18.5 Å². The highest BCUT2D eigenvalue weighted by molar-refractivity contribution is 6.31. The number of aryl methyl sites for hydroxylation is 1. The number of alkyl carbamates (subject to hydrolysis) is 1. The molecule has 24 heavy (non-hydrogen) atoms. The fourth-order valence-corrected chi connectivity index (χ4v) is 2.17. The van der Waals surface area contributed by atoms with E-state index >= 15 is 0 Å². The van der Waals surface area contributed by atoms with E-state index in [2.05, 4.69) is 17.2 Å². The van der Waals surface area contributed by atoms with Gasteiger partial charge >= 0.3 is 6.09 Å². The lowest BCUT2D eigenvalue weighted by molar-refractivity contribution is 0.140. The summed E-state index contributed by atoms with van der Waals surface area (Å²) >= 11 is 6.01. The van der Waals surface area contributed by atoms with Gasteiger partial charge in [-0.05, 0) is 30.2 Å². The summed E-state index contributed by atoms with van der Waals surface area (Å²) < 4.78 is 18.5. The maximum absolute atomic E-state index is 13.5. The maximum atomic E-state index is 13.5. The number of ether oxygens (including phenoxy) is 1. The Labute approximate surface area is 145 Å². The number of amides is 1. The van der Waals surface area contributed by atoms with Crippen LogP contribution < -0.4 is 5.32 Å². The first-order valence-electron chi connectivity index (χ1n) is 7.45. The third-order valence-corrected chi connectivity index (χ3v) is 3.52. The first-order chi connectivity index (χ1) is 11.6. The topological polar surface area (TPSA) is 38.3 Å². The van der Waals surface area contributed by atoms with Crippen molar-refractivity contribution in [2.24, 2.45) is 0 Å². The Morgan fingerprint density at radius 3 is 2.79 bits per heavy atom. The van der Waals surface area contributed by atoms with Gasteiger partial charge in [0.15, 0.2) is 0 Å². The molecule has 1 N–H and O–H groups in total. The van der Waals surface area contributed by atoms with E-state index in [-0.39, 0.29) is 12.4 Å². The minimum atomic E-state index is -0.500. The van der Waals surface area contributed by atoms with E-state index in [9.17, 15) is 9.18 Å². The number of rotatable bonds is 4. The highest BCUT2D eigenvalue weighted by atomic mass is 35.5. The number of hydrogen-bond acceptors (Lipinski definition) is 2. The SMILES string of the molecule is Cc1cc(Cl)c(C#CCCNC(=O)OCc2ccccc2)cc1F. The van der Waals surface area contributed by atoms with Gasteiger partial charge in [-0.25, -0.2) is 9.18 Å². The van der Waals surface area contributed by atoms with Gasteiger partial charge in [0.1, 0.15) is 12.4 Å². The Morgan fingerprint density at radius 2 is 2.04 bits per heavy atom. The van der Waals surface area contributed by atoms with E-state index in [0.29, 0.717) is 29.1 Å². The van der Waals surface area contributed by atoms with Crippen LogP contribution in [0.15, 0.2) is 42.5 Å². The van der Waals surface area contributed by atoms with Crippen LogP contribution in [0.3, 0.4) is 0 Å². The van der Waals surface area contributed by atoms with Gasteiger partial charge in [0.05, 0.1) is 5.02 Å². The summed E-state index contributed by atoms with van der Waals surface area (Å²) in [6.45, 7) is 2.20. The summed E-state index contributed by atoms with van der Waals surface area (Å²) in [5.74, 6) is 5.30. The summed E-state index contributed by atoms with van der Waals surface area (Å²) in [4.78, 5) is 11.5. The monoisotopic (exact) mass is 345 g/mol. The Balaban J connectivity index is 1.73. The zero-order valence-corrected chi connectivity index (χ0v) is 14.0. The normalized spacial score (nSPS) is 9.79. The van der Waals surface area contributed by atoms with Crippen LogP contribution in [-0.2, 0) is 11.3 Å². The van der Waals surface area contributed by atoms with Gasteiger partial charge in [0.25, 0.3) is 0 Å². The van der Waals surface area contributed by atoms with Crippen LogP contribution in [0.25, 0.3) is 0 Å². The molecular formula is C19H17ClFNO2. The predicted molar refractivity (Wildman–Crippen MR) is 92.3 cm³/mol. The molecule has 0 atom stereocenters. The summed E-state index contributed by atoms with van der Waals surface area (Å²) in [7, 11) is 0. The molecule has 0 saturated heterocycles. The quantitative estimate of drug-likeness (QED) is 0.656. The summed E-state index contributed by atoms with van der Waals surface area (Å²) in [5.41, 5.74) is 1.84. The molecule has 0 heterocycles. The van der Waals surface area contributed by atoms with Crippen LogP contribution >= 0.6 is 11.6 Å². The molecule has 2 aromatic rings. The van der Waals surface area contributed by atoms with E-state index in [4.69, 9.17) is 16.3 Å². The molecule has 0 aliphatic rings. The fraction of sp³-hybridized carbons (Fsp3) is 0.211. The van der Waals surface area contributed by atoms with Crippen molar-refractivity contribution in [1.82, 2.24) is 5.32 Å². The second kappa shape index (κ2) is 8.95. The number of carbonyl (C=O) groups is 1. The van der Waals surface area contributed by atoms with Gasteiger partial charge in [-0.3, -0.25) is 0 Å². The van der Waals surface area contributed by atoms with E-state index in [0.717, 1.165) is 5.56 Å². The Morgan fingerprint density at radius 1 is 1.29 bits per heavy atom. The summed E-state index contributed by atoms with van der Waals surface area (Å²) in [6.07, 6.45) is -0.0909. The van der Waals surface area contributed by atoms with Crippen LogP contribution in [0.5, 0.6) is 0 Å². The molecule has 0 saturated carbocycles. The van der Waals surface area contributed by atoms with Gasteiger partial charge in [-0.1, -0.05) is 53.8 Å². The second-order valence-corrected chi connectivity index (χ2v) is 5.53. The van der Waals surface area contributed by atoms with Gasteiger partial charge in [-0.2, -0.15) is 0 Å². The predicted octanol–water partition coefficient (Wildman–Crippen LogP) is 4.46. The zero-order valence-electron chi connectivity index (χ0n) is 13.2. The molecule has 0 spiro atoms. The maximum Gasteiger partial charge on any atom is 0.407 e. The van der Waals surface area contributed by atoms with E-state index in [1.54, 1.807) is 13.0 Å². The highest BCUT2D eigenvalue weighted by Crippen LogP contribution is 2.19. The van der Waals surface area contributed by atoms with Crippen LogP contribution in [0.1, 0.15) is 23.1 Å². The standard InChI is InChI=1S/C19H17ClFNO2/c1-14-11-17(20)16(12-18(14)21)9-5-6-10-22-19(23)24-13-15-7-3-2-4-8-15/h2-4,7-8,11-12H,6,10,13H2,1H3,(H,22,23). The average molecular weight is 346 g/mol. The van der Waals surface area contributed by atoms with E-state index < -0.39 is 6.09 Å². The lowest BCUT2D eigenvalue weighted by atomic mass is 10.1. The average Bonchev–Trinajstić information content (AvgIpc) is 2.58. The lowest BCUT2D eigenvalue weighted by Crippen LogP contribution is -2.24. The molecule has 2 aromatic carbocycles. The Kier molecular flexibility index (Phi) is 6.65. The molecule has 0 bridgehead atoms. The molecule has 0 radical (unpaired) electrons. The Bertz CT molecular complexity index is 766. The van der Waals surface area contributed by atoms with Gasteiger partial charge in [0.2, 0.25) is 0 Å². The molecule has 124 valence electrons. The van der Waals surface area contributed by atoms with Crippen LogP contribution in [0.2, 0.25) is 5.02 Å². The molecular weight excluding hydrogens is 329 g/mol. The molecule has 2 rings (SSSR count). The Hall–Kier alpha value is -2.51. The number of nitrogens with one attached hydrogen (secondary N) is 1. The molecule has 1 amide bonds. The third kappa shape index (κ3) is 5.60. The van der Waals surface area contributed by atoms with Crippen molar-refractivity contribution in [1.29, 1.82) is 0 Å². The first kappa shape index (κ1) is 17.8. The third-order valence-electron chi connectivity index (χ3n) is 3.20. The molecule has 3 nitrogen and oxygen atoms in total. The summed E-state index contributed by atoms with van der Waals surface area (Å²) in [6, 6.07) is 12.3. The minimum absolute atomic E-state index is 0.219.